The van der Waals surface area contributed by atoms with Crippen LogP contribution in [0.15, 0.2) is 12.1 Å². The summed E-state index contributed by atoms with van der Waals surface area (Å²) in [5, 5.41) is 0. The Morgan fingerprint density at radius 1 is 1.09 bits per heavy atom. The van der Waals surface area contributed by atoms with Gasteiger partial charge >= 0.3 is 0 Å². The van der Waals surface area contributed by atoms with E-state index in [-0.39, 0.29) is 29.5 Å². The van der Waals surface area contributed by atoms with Crippen molar-refractivity contribution >= 4 is 15.8 Å². The van der Waals surface area contributed by atoms with Crippen LogP contribution in [-0.4, -0.2) is 57.2 Å². The molecule has 1 saturated heterocycles. The van der Waals surface area contributed by atoms with Crippen molar-refractivity contribution in [3.05, 3.63) is 29.1 Å². The molecule has 192 valence electrons. The molecule has 0 spiro atoms. The summed E-state index contributed by atoms with van der Waals surface area (Å²) < 4.78 is 53.7. The third-order valence-corrected chi connectivity index (χ3v) is 11.0. The Hall–Kier alpha value is -1.51. The van der Waals surface area contributed by atoms with Crippen molar-refractivity contribution in [2.45, 2.75) is 69.8 Å². The van der Waals surface area contributed by atoms with E-state index in [2.05, 4.69) is 0 Å². The van der Waals surface area contributed by atoms with Gasteiger partial charge in [-0.3, -0.25) is 4.79 Å². The first-order valence-corrected chi connectivity index (χ1v) is 14.8. The number of hydrogen-bond acceptors (Lipinski definition) is 5. The minimum Gasteiger partial charge on any atom is -0.493 e. The zero-order valence-corrected chi connectivity index (χ0v) is 21.3. The second-order valence-electron chi connectivity index (χ2n) is 12.0. The fourth-order valence-electron chi connectivity index (χ4n) is 7.80. The van der Waals surface area contributed by atoms with E-state index in [1.807, 2.05) is 0 Å². The van der Waals surface area contributed by atoms with Gasteiger partial charge in [-0.05, 0) is 93.1 Å². The average molecular weight is 506 g/mol. The Labute approximate surface area is 207 Å². The van der Waals surface area contributed by atoms with Crippen LogP contribution in [0.4, 0.5) is 4.39 Å². The Bertz CT molecular complexity index is 1080. The van der Waals surface area contributed by atoms with E-state index in [0.717, 1.165) is 36.2 Å². The van der Waals surface area contributed by atoms with Gasteiger partial charge in [0.05, 0.1) is 18.3 Å². The number of carbonyl (C=O) groups excluding carboxylic acids is 1. The van der Waals surface area contributed by atoms with E-state index in [0.29, 0.717) is 25.3 Å². The molecular weight excluding hydrogens is 469 g/mol. The quantitative estimate of drug-likeness (QED) is 0.461. The average Bonchev–Trinajstić information content (AvgIpc) is 3.51. The zero-order valence-electron chi connectivity index (χ0n) is 20.5. The van der Waals surface area contributed by atoms with E-state index in [9.17, 15) is 13.2 Å². The highest BCUT2D eigenvalue weighted by atomic mass is 32.2. The molecule has 0 amide bonds. The summed E-state index contributed by atoms with van der Waals surface area (Å²) in [5.41, 5.74) is 0.933. The Kier molecular flexibility index (Phi) is 6.00. The van der Waals surface area contributed by atoms with Crippen LogP contribution in [0.3, 0.4) is 0 Å². The number of rotatable bonds is 9. The number of ketones is 1. The molecule has 35 heavy (non-hydrogen) atoms. The largest absolute Gasteiger partial charge is 0.493 e. The van der Waals surface area contributed by atoms with E-state index in [1.54, 1.807) is 13.2 Å². The van der Waals surface area contributed by atoms with Gasteiger partial charge in [-0.15, -0.1) is 0 Å². The fourth-order valence-corrected chi connectivity index (χ4v) is 9.25. The van der Waals surface area contributed by atoms with Gasteiger partial charge < -0.3 is 9.47 Å². The molecule has 0 N–H and O–H groups in total. The van der Waals surface area contributed by atoms with Crippen LogP contribution in [0.1, 0.15) is 79.6 Å². The first kappa shape index (κ1) is 23.9. The summed E-state index contributed by atoms with van der Waals surface area (Å²) >= 11 is 0. The Morgan fingerprint density at radius 3 is 2.31 bits per heavy atom. The molecule has 7 rings (SSSR count). The van der Waals surface area contributed by atoms with Gasteiger partial charge in [0.25, 0.3) is 0 Å². The molecule has 5 saturated carbocycles. The predicted molar refractivity (Wildman–Crippen MR) is 130 cm³/mol. The molecule has 0 radical (unpaired) electrons. The molecule has 0 unspecified atom stereocenters. The minimum atomic E-state index is -3.83. The second-order valence-corrected chi connectivity index (χ2v) is 14.0. The highest BCUT2D eigenvalue weighted by Crippen LogP contribution is 2.60. The number of Topliss-reactive ketones (excluding diaryl/α,β-unsaturated/α-hetero) is 1. The minimum absolute atomic E-state index is 0.139. The SMILES string of the molecule is CO[C@H]1CCN(S(=O)(=O)CC(=O)c2cc(C3CC3)c(OCC34CC5CC(CC(C5)C3)C4)cc2F)C1. The third kappa shape index (κ3) is 4.66. The molecular formula is C27H36FNO5S. The molecule has 1 aromatic carbocycles. The zero-order chi connectivity index (χ0) is 24.4. The summed E-state index contributed by atoms with van der Waals surface area (Å²) in [7, 11) is -2.28. The van der Waals surface area contributed by atoms with Gasteiger partial charge in [-0.2, -0.15) is 4.31 Å². The molecule has 6 aliphatic rings. The standard InChI is InChI=1S/C27H36FNO5S/c1-33-21-4-5-29(14-21)35(31,32)15-25(30)23-9-22(20-2-3-20)26(10-24(23)28)34-16-27-11-17-6-18(12-27)8-19(7-17)13-27/h9-10,17-21H,2-8,11-16H2,1H3/t17?,18?,19?,21-,27?/m0/s1. The maximum Gasteiger partial charge on any atom is 0.221 e. The summed E-state index contributed by atoms with van der Waals surface area (Å²) in [6.07, 6.45) is 10.1. The summed E-state index contributed by atoms with van der Waals surface area (Å²) in [5.74, 6) is 1.15. The lowest BCUT2D eigenvalue weighted by Crippen LogP contribution is -2.48. The lowest BCUT2D eigenvalue weighted by molar-refractivity contribution is -0.0747. The number of methoxy groups -OCH3 is 1. The van der Waals surface area contributed by atoms with E-state index in [1.165, 1.54) is 48.9 Å². The van der Waals surface area contributed by atoms with Gasteiger partial charge in [-0.1, -0.05) is 0 Å². The van der Waals surface area contributed by atoms with E-state index in [4.69, 9.17) is 9.47 Å². The summed E-state index contributed by atoms with van der Waals surface area (Å²) in [6.45, 7) is 1.17. The van der Waals surface area contributed by atoms with Crippen molar-refractivity contribution in [1.82, 2.24) is 4.31 Å². The van der Waals surface area contributed by atoms with E-state index < -0.39 is 27.4 Å². The summed E-state index contributed by atoms with van der Waals surface area (Å²) in [4.78, 5) is 13.0. The van der Waals surface area contributed by atoms with E-state index >= 15 is 4.39 Å². The molecule has 5 aliphatic carbocycles. The molecule has 6 nitrogen and oxygen atoms in total. The van der Waals surface area contributed by atoms with Gasteiger partial charge in [0, 0.05) is 31.7 Å². The second kappa shape index (κ2) is 8.80. The third-order valence-electron chi connectivity index (χ3n) is 9.26. The van der Waals surface area contributed by atoms with Crippen LogP contribution in [0.5, 0.6) is 5.75 Å². The van der Waals surface area contributed by atoms with Gasteiger partial charge in [0.1, 0.15) is 17.3 Å². The Balaban J connectivity index is 1.18. The molecule has 8 heteroatoms. The highest BCUT2D eigenvalue weighted by molar-refractivity contribution is 7.89. The van der Waals surface area contributed by atoms with Crippen molar-refractivity contribution in [1.29, 1.82) is 0 Å². The predicted octanol–water partition coefficient (Wildman–Crippen LogP) is 4.53. The number of carbonyl (C=O) groups is 1. The van der Waals surface area contributed by atoms with Crippen molar-refractivity contribution in [2.24, 2.45) is 23.2 Å². The van der Waals surface area contributed by atoms with Crippen LogP contribution in [0.2, 0.25) is 0 Å². The number of halogens is 1. The first-order valence-electron chi connectivity index (χ1n) is 13.2. The van der Waals surface area contributed by atoms with Crippen LogP contribution in [0.25, 0.3) is 0 Å². The van der Waals surface area contributed by atoms with Crippen LogP contribution >= 0.6 is 0 Å². The van der Waals surface area contributed by atoms with Crippen LogP contribution in [-0.2, 0) is 14.8 Å². The molecule has 1 aromatic rings. The molecule has 1 heterocycles. The molecule has 1 atom stereocenters. The van der Waals surface area contributed by atoms with Crippen molar-refractivity contribution in [2.75, 3.05) is 32.6 Å². The number of hydrogen-bond donors (Lipinski definition) is 0. The number of nitrogens with zero attached hydrogens (tertiary/aromatic N) is 1. The monoisotopic (exact) mass is 505 g/mol. The molecule has 1 aliphatic heterocycles. The number of benzene rings is 1. The van der Waals surface area contributed by atoms with Gasteiger partial charge in [0.2, 0.25) is 10.0 Å². The first-order chi connectivity index (χ1) is 16.7. The maximum atomic E-state index is 15.2. The molecule has 6 fully saturated rings. The smallest absolute Gasteiger partial charge is 0.221 e. The number of ether oxygens (including phenoxy) is 2. The lowest BCUT2D eigenvalue weighted by atomic mass is 9.50. The molecule has 4 bridgehead atoms. The van der Waals surface area contributed by atoms with Crippen molar-refractivity contribution in [3.8, 4) is 5.75 Å². The molecule has 0 aromatic heterocycles. The Morgan fingerprint density at radius 2 is 1.74 bits per heavy atom. The fraction of sp³-hybridized carbons (Fsp3) is 0.741. The van der Waals surface area contributed by atoms with Crippen molar-refractivity contribution in [3.63, 3.8) is 0 Å². The van der Waals surface area contributed by atoms with Crippen molar-refractivity contribution < 1.29 is 27.1 Å². The maximum absolute atomic E-state index is 15.2. The highest BCUT2D eigenvalue weighted by Gasteiger charge is 2.51. The van der Waals surface area contributed by atoms with Crippen LogP contribution < -0.4 is 4.74 Å². The van der Waals surface area contributed by atoms with Crippen LogP contribution in [0, 0.1) is 29.0 Å². The summed E-state index contributed by atoms with van der Waals surface area (Å²) in [6, 6.07) is 2.91. The van der Waals surface area contributed by atoms with Gasteiger partial charge in [-0.25, -0.2) is 12.8 Å². The lowest BCUT2D eigenvalue weighted by Gasteiger charge is -2.56. The topological polar surface area (TPSA) is 72.9 Å². The van der Waals surface area contributed by atoms with Gasteiger partial charge in [0.15, 0.2) is 5.78 Å². The normalized spacial score (nSPS) is 34.5. The number of sulfonamides is 1.